The lowest BCUT2D eigenvalue weighted by Gasteiger charge is -2.17. The van der Waals surface area contributed by atoms with E-state index in [1.54, 1.807) is 0 Å². The van der Waals surface area contributed by atoms with Gasteiger partial charge in [0.15, 0.2) is 0 Å². The second-order valence-electron chi connectivity index (χ2n) is 6.64. The second-order valence-corrected chi connectivity index (χ2v) is 8.80. The van der Waals surface area contributed by atoms with Crippen LogP contribution in [-0.2, 0) is 14.8 Å². The van der Waals surface area contributed by atoms with Gasteiger partial charge in [0.25, 0.3) is 5.91 Å². The molecule has 1 unspecified atom stereocenters. The number of aryl methyl sites for hydroxylation is 1. The van der Waals surface area contributed by atoms with Crippen molar-refractivity contribution < 1.29 is 18.0 Å². The summed E-state index contributed by atoms with van der Waals surface area (Å²) in [6.45, 7) is 3.63. The minimum absolute atomic E-state index is 0.0165. The van der Waals surface area contributed by atoms with Gasteiger partial charge in [0.2, 0.25) is 15.9 Å². The fraction of sp³-hybridized carbons (Fsp3) is 0.300. The summed E-state index contributed by atoms with van der Waals surface area (Å²) in [7, 11) is -0.803. The molecule has 0 aliphatic carbocycles. The van der Waals surface area contributed by atoms with Crippen molar-refractivity contribution in [2.24, 2.45) is 0 Å². The summed E-state index contributed by atoms with van der Waals surface area (Å²) in [5.41, 5.74) is 2.24. The molecule has 0 radical (unpaired) electrons. The summed E-state index contributed by atoms with van der Waals surface area (Å²) in [5, 5.41) is 5.36. The fourth-order valence-electron chi connectivity index (χ4n) is 2.71. The van der Waals surface area contributed by atoms with E-state index in [0.717, 1.165) is 15.4 Å². The lowest BCUT2D eigenvalue weighted by Crippen LogP contribution is -2.38. The third kappa shape index (κ3) is 5.17. The Balaban J connectivity index is 1.99. The molecule has 0 aliphatic heterocycles. The predicted molar refractivity (Wildman–Crippen MR) is 107 cm³/mol. The maximum Gasteiger partial charge on any atom is 0.251 e. The molecule has 150 valence electrons. The SMILES string of the molecule is Cc1ccccc1C(C)NC(=O)CNC(=O)c1cccc(S(=O)(=O)N(C)C)c1. The normalized spacial score (nSPS) is 12.5. The number of carbonyl (C=O) groups is 2. The summed E-state index contributed by atoms with van der Waals surface area (Å²) in [6.07, 6.45) is 0. The Bertz CT molecular complexity index is 971. The van der Waals surface area contributed by atoms with Crippen LogP contribution in [0.1, 0.15) is 34.5 Å². The predicted octanol–water partition coefficient (Wildman–Crippen LogP) is 1.85. The molecule has 1 atom stereocenters. The third-order valence-electron chi connectivity index (χ3n) is 4.32. The van der Waals surface area contributed by atoms with Crippen molar-refractivity contribution >= 4 is 21.8 Å². The number of rotatable bonds is 7. The molecule has 2 N–H and O–H groups in total. The van der Waals surface area contributed by atoms with Gasteiger partial charge in [0.1, 0.15) is 0 Å². The Morgan fingerprint density at radius 2 is 1.75 bits per heavy atom. The van der Waals surface area contributed by atoms with Crippen LogP contribution >= 0.6 is 0 Å². The highest BCUT2D eigenvalue weighted by molar-refractivity contribution is 7.89. The molecular weight excluding hydrogens is 378 g/mol. The van der Waals surface area contributed by atoms with E-state index >= 15 is 0 Å². The largest absolute Gasteiger partial charge is 0.348 e. The van der Waals surface area contributed by atoms with Crippen LogP contribution in [0.25, 0.3) is 0 Å². The van der Waals surface area contributed by atoms with Gasteiger partial charge in [0, 0.05) is 19.7 Å². The van der Waals surface area contributed by atoms with Crippen LogP contribution in [0.3, 0.4) is 0 Å². The van der Waals surface area contributed by atoms with Crippen molar-refractivity contribution in [2.75, 3.05) is 20.6 Å². The van der Waals surface area contributed by atoms with Crippen molar-refractivity contribution in [1.82, 2.24) is 14.9 Å². The lowest BCUT2D eigenvalue weighted by molar-refractivity contribution is -0.120. The molecule has 2 aromatic carbocycles. The molecule has 7 nitrogen and oxygen atoms in total. The van der Waals surface area contributed by atoms with Crippen molar-refractivity contribution in [3.8, 4) is 0 Å². The molecule has 0 aliphatic rings. The average molecular weight is 404 g/mol. The summed E-state index contributed by atoms with van der Waals surface area (Å²) in [5.74, 6) is -0.851. The molecule has 0 heterocycles. The Labute approximate surface area is 165 Å². The number of carbonyl (C=O) groups excluding carboxylic acids is 2. The standard InChI is InChI=1S/C20H25N3O4S/c1-14-8-5-6-11-18(14)15(2)22-19(24)13-21-20(25)16-9-7-10-17(12-16)28(26,27)23(3)4/h5-12,15H,13H2,1-4H3,(H,21,25)(H,22,24). The van der Waals surface area contributed by atoms with Crippen LogP contribution in [0.4, 0.5) is 0 Å². The molecule has 0 saturated carbocycles. The maximum atomic E-state index is 12.3. The van der Waals surface area contributed by atoms with Crippen LogP contribution in [0.5, 0.6) is 0 Å². The Morgan fingerprint density at radius 1 is 1.07 bits per heavy atom. The zero-order valence-electron chi connectivity index (χ0n) is 16.4. The summed E-state index contributed by atoms with van der Waals surface area (Å²) < 4.78 is 25.4. The van der Waals surface area contributed by atoms with Gasteiger partial charge in [-0.25, -0.2) is 12.7 Å². The van der Waals surface area contributed by atoms with Gasteiger partial charge >= 0.3 is 0 Å². The number of nitrogens with zero attached hydrogens (tertiary/aromatic N) is 1. The zero-order valence-corrected chi connectivity index (χ0v) is 17.2. The molecule has 0 saturated heterocycles. The summed E-state index contributed by atoms with van der Waals surface area (Å²) in [6, 6.07) is 13.2. The number of amides is 2. The van der Waals surface area contributed by atoms with Crippen molar-refractivity contribution in [3.63, 3.8) is 0 Å². The highest BCUT2D eigenvalue weighted by atomic mass is 32.2. The van der Waals surface area contributed by atoms with Crippen molar-refractivity contribution in [2.45, 2.75) is 24.8 Å². The van der Waals surface area contributed by atoms with Crippen molar-refractivity contribution in [3.05, 3.63) is 65.2 Å². The minimum Gasteiger partial charge on any atom is -0.348 e. The molecular formula is C20H25N3O4S. The molecule has 2 aromatic rings. The van der Waals surface area contributed by atoms with E-state index in [9.17, 15) is 18.0 Å². The smallest absolute Gasteiger partial charge is 0.251 e. The first-order valence-corrected chi connectivity index (χ1v) is 10.2. The van der Waals surface area contributed by atoms with Crippen LogP contribution in [0.2, 0.25) is 0 Å². The number of hydrogen-bond acceptors (Lipinski definition) is 4. The number of hydrogen-bond donors (Lipinski definition) is 2. The van der Waals surface area contributed by atoms with E-state index in [1.165, 1.54) is 38.4 Å². The summed E-state index contributed by atoms with van der Waals surface area (Å²) in [4.78, 5) is 24.5. The Kier molecular flexibility index (Phi) is 6.93. The number of benzene rings is 2. The first-order chi connectivity index (χ1) is 13.1. The van der Waals surface area contributed by atoms with Crippen molar-refractivity contribution in [1.29, 1.82) is 0 Å². The maximum absolute atomic E-state index is 12.3. The monoisotopic (exact) mass is 403 g/mol. The van der Waals surface area contributed by atoms with Gasteiger partial charge in [-0.1, -0.05) is 30.3 Å². The Morgan fingerprint density at radius 3 is 2.39 bits per heavy atom. The van der Waals surface area contributed by atoms with E-state index in [4.69, 9.17) is 0 Å². The number of nitrogens with one attached hydrogen (secondary N) is 2. The van der Waals surface area contributed by atoms with Crippen LogP contribution in [0.15, 0.2) is 53.4 Å². The molecule has 0 spiro atoms. The fourth-order valence-corrected chi connectivity index (χ4v) is 3.66. The van der Waals surface area contributed by atoms with Gasteiger partial charge in [-0.2, -0.15) is 0 Å². The van der Waals surface area contributed by atoms with Crippen LogP contribution in [0, 0.1) is 6.92 Å². The average Bonchev–Trinajstić information content (AvgIpc) is 2.66. The molecule has 0 bridgehead atoms. The van der Waals surface area contributed by atoms with Gasteiger partial charge in [-0.15, -0.1) is 0 Å². The van der Waals surface area contributed by atoms with E-state index < -0.39 is 15.9 Å². The number of sulfonamides is 1. The highest BCUT2D eigenvalue weighted by Crippen LogP contribution is 2.17. The van der Waals surface area contributed by atoms with Gasteiger partial charge in [0.05, 0.1) is 17.5 Å². The van der Waals surface area contributed by atoms with E-state index in [0.29, 0.717) is 0 Å². The third-order valence-corrected chi connectivity index (χ3v) is 6.13. The van der Waals surface area contributed by atoms with Crippen LogP contribution < -0.4 is 10.6 Å². The molecule has 28 heavy (non-hydrogen) atoms. The Hall–Kier alpha value is -2.71. The molecule has 2 rings (SSSR count). The van der Waals surface area contributed by atoms with Gasteiger partial charge in [-0.05, 0) is 43.2 Å². The molecule has 8 heteroatoms. The van der Waals surface area contributed by atoms with E-state index in [1.807, 2.05) is 38.1 Å². The summed E-state index contributed by atoms with van der Waals surface area (Å²) >= 11 is 0. The van der Waals surface area contributed by atoms with E-state index in [2.05, 4.69) is 10.6 Å². The topological polar surface area (TPSA) is 95.6 Å². The highest BCUT2D eigenvalue weighted by Gasteiger charge is 2.19. The first kappa shape index (κ1) is 21.6. The quantitative estimate of drug-likeness (QED) is 0.738. The van der Waals surface area contributed by atoms with Gasteiger partial charge in [-0.3, -0.25) is 9.59 Å². The van der Waals surface area contributed by atoms with Gasteiger partial charge < -0.3 is 10.6 Å². The molecule has 0 fully saturated rings. The molecule has 0 aromatic heterocycles. The minimum atomic E-state index is -3.64. The zero-order chi connectivity index (χ0) is 20.9. The second kappa shape index (κ2) is 8.99. The lowest BCUT2D eigenvalue weighted by atomic mass is 10.0. The van der Waals surface area contributed by atoms with E-state index in [-0.39, 0.29) is 29.0 Å². The molecule has 2 amide bonds. The first-order valence-electron chi connectivity index (χ1n) is 8.78. The van der Waals surface area contributed by atoms with Crippen LogP contribution in [-0.4, -0.2) is 45.2 Å².